The lowest BCUT2D eigenvalue weighted by Crippen LogP contribution is -2.42. The second-order valence-electron chi connectivity index (χ2n) is 4.11. The number of rotatable bonds is 3. The van der Waals surface area contributed by atoms with Crippen LogP contribution in [0.4, 0.5) is 0 Å². The summed E-state index contributed by atoms with van der Waals surface area (Å²) in [4.78, 5) is 0.318. The summed E-state index contributed by atoms with van der Waals surface area (Å²) in [6.07, 6.45) is 1.42. The first-order chi connectivity index (χ1) is 8.44. The fourth-order valence-corrected chi connectivity index (χ4v) is 4.57. The topological polar surface area (TPSA) is 63.4 Å². The molecule has 0 aliphatic carbocycles. The van der Waals surface area contributed by atoms with Gasteiger partial charge in [0.2, 0.25) is 10.0 Å². The average Bonchev–Trinajstić information content (AvgIpc) is 2.78. The summed E-state index contributed by atoms with van der Waals surface area (Å²) in [5.41, 5.74) is 5.59. The minimum absolute atomic E-state index is 0.106. The van der Waals surface area contributed by atoms with Gasteiger partial charge in [0, 0.05) is 6.54 Å². The molecule has 1 fully saturated rings. The van der Waals surface area contributed by atoms with Crippen LogP contribution in [-0.4, -0.2) is 30.3 Å². The molecule has 1 aromatic rings. The molecule has 0 radical (unpaired) electrons. The van der Waals surface area contributed by atoms with Crippen LogP contribution in [0.25, 0.3) is 0 Å². The molecule has 0 saturated carbocycles. The van der Waals surface area contributed by atoms with Crippen molar-refractivity contribution in [1.82, 2.24) is 4.31 Å². The van der Waals surface area contributed by atoms with E-state index in [9.17, 15) is 8.42 Å². The number of sulfonamides is 1. The van der Waals surface area contributed by atoms with Crippen molar-refractivity contribution in [2.45, 2.75) is 23.8 Å². The van der Waals surface area contributed by atoms with Crippen molar-refractivity contribution in [3.63, 3.8) is 0 Å². The van der Waals surface area contributed by atoms with Crippen LogP contribution in [0, 0.1) is 0 Å². The van der Waals surface area contributed by atoms with E-state index in [0.717, 1.165) is 6.42 Å². The molecular weight excluding hydrogens is 292 g/mol. The van der Waals surface area contributed by atoms with Gasteiger partial charge in [-0.3, -0.25) is 0 Å². The molecule has 1 aliphatic heterocycles. The Balaban J connectivity index is 2.43. The lowest BCUT2D eigenvalue weighted by Gasteiger charge is -2.23. The number of hydrogen-bond acceptors (Lipinski definition) is 3. The monoisotopic (exact) mass is 304 g/mol. The molecule has 1 aromatic carbocycles. The van der Waals surface area contributed by atoms with E-state index >= 15 is 0 Å². The first-order valence-corrected chi connectivity index (χ1v) is 7.73. The van der Waals surface area contributed by atoms with Gasteiger partial charge in [-0.2, -0.15) is 4.31 Å². The van der Waals surface area contributed by atoms with Gasteiger partial charge in [0.1, 0.15) is 4.90 Å². The average molecular weight is 305 g/mol. The van der Waals surface area contributed by atoms with Crippen molar-refractivity contribution < 1.29 is 8.42 Å². The van der Waals surface area contributed by atoms with Crippen LogP contribution < -0.4 is 5.73 Å². The van der Waals surface area contributed by atoms with Crippen LogP contribution in [0.15, 0.2) is 29.2 Å². The number of hydrogen-bond donors (Lipinski definition) is 1. The van der Waals surface area contributed by atoms with Gasteiger partial charge in [-0.05, 0) is 25.0 Å². The van der Waals surface area contributed by atoms with Crippen molar-refractivity contribution >= 4 is 38.8 Å². The van der Waals surface area contributed by atoms with Gasteiger partial charge in [0.05, 0.1) is 16.1 Å². The van der Waals surface area contributed by atoms with Crippen molar-refractivity contribution in [3.8, 4) is 0 Å². The summed E-state index contributed by atoms with van der Waals surface area (Å²) in [6.45, 7) is 0.426. The van der Waals surface area contributed by atoms with Gasteiger partial charge in [-0.1, -0.05) is 36.0 Å². The van der Waals surface area contributed by atoms with Crippen LogP contribution >= 0.6 is 23.8 Å². The summed E-state index contributed by atoms with van der Waals surface area (Å²) in [6, 6.07) is 5.98. The molecule has 1 unspecified atom stereocenters. The highest BCUT2D eigenvalue weighted by Gasteiger charge is 2.37. The zero-order chi connectivity index (χ0) is 13.3. The molecular formula is C11H13ClN2O2S2. The highest BCUT2D eigenvalue weighted by molar-refractivity contribution is 7.89. The highest BCUT2D eigenvalue weighted by atomic mass is 35.5. The SMILES string of the molecule is NC(=S)C1CCCN1S(=O)(=O)c1ccccc1Cl. The third kappa shape index (κ3) is 2.38. The van der Waals surface area contributed by atoms with Gasteiger partial charge in [-0.25, -0.2) is 8.42 Å². The normalized spacial score (nSPS) is 21.1. The van der Waals surface area contributed by atoms with E-state index in [-0.39, 0.29) is 14.9 Å². The molecule has 4 nitrogen and oxygen atoms in total. The van der Waals surface area contributed by atoms with Crippen LogP contribution in [0.2, 0.25) is 5.02 Å². The van der Waals surface area contributed by atoms with Gasteiger partial charge in [0.15, 0.2) is 0 Å². The van der Waals surface area contributed by atoms with E-state index in [4.69, 9.17) is 29.6 Å². The van der Waals surface area contributed by atoms with E-state index in [2.05, 4.69) is 0 Å². The molecule has 0 amide bonds. The minimum Gasteiger partial charge on any atom is -0.392 e. The Labute approximate surface area is 117 Å². The second-order valence-corrected chi connectivity index (χ2v) is 6.84. The second kappa shape index (κ2) is 5.13. The smallest absolute Gasteiger partial charge is 0.245 e. The zero-order valence-electron chi connectivity index (χ0n) is 9.54. The Bertz CT molecular complexity index is 574. The van der Waals surface area contributed by atoms with Crippen LogP contribution in [0.3, 0.4) is 0 Å². The van der Waals surface area contributed by atoms with E-state index in [1.165, 1.54) is 10.4 Å². The van der Waals surface area contributed by atoms with E-state index < -0.39 is 16.1 Å². The predicted octanol–water partition coefficient (Wildman–Crippen LogP) is 1.78. The highest BCUT2D eigenvalue weighted by Crippen LogP contribution is 2.29. The maximum absolute atomic E-state index is 12.5. The first kappa shape index (κ1) is 13.7. The Morgan fingerprint density at radius 1 is 1.44 bits per heavy atom. The molecule has 18 heavy (non-hydrogen) atoms. The summed E-state index contributed by atoms with van der Waals surface area (Å²) in [5, 5.41) is 0.214. The van der Waals surface area contributed by atoms with Gasteiger partial charge in [0.25, 0.3) is 0 Å². The molecule has 1 saturated heterocycles. The third-order valence-electron chi connectivity index (χ3n) is 2.96. The van der Waals surface area contributed by atoms with Crippen molar-refractivity contribution in [2.24, 2.45) is 5.73 Å². The quantitative estimate of drug-likeness (QED) is 0.865. The van der Waals surface area contributed by atoms with Crippen molar-refractivity contribution in [3.05, 3.63) is 29.3 Å². The lowest BCUT2D eigenvalue weighted by atomic mass is 10.2. The molecule has 7 heteroatoms. The summed E-state index contributed by atoms with van der Waals surface area (Å²) in [5.74, 6) is 0. The van der Waals surface area contributed by atoms with E-state index in [0.29, 0.717) is 13.0 Å². The number of nitrogens with zero attached hydrogens (tertiary/aromatic N) is 1. The van der Waals surface area contributed by atoms with Gasteiger partial charge >= 0.3 is 0 Å². The molecule has 0 bridgehead atoms. The summed E-state index contributed by atoms with van der Waals surface area (Å²) in [7, 11) is -3.63. The molecule has 1 aliphatic rings. The van der Waals surface area contributed by atoms with Crippen LogP contribution in [0.1, 0.15) is 12.8 Å². The van der Waals surface area contributed by atoms with Crippen LogP contribution in [0.5, 0.6) is 0 Å². The molecule has 1 atom stereocenters. The number of nitrogens with two attached hydrogens (primary N) is 1. The molecule has 0 spiro atoms. The molecule has 2 rings (SSSR count). The Hall–Kier alpha value is -0.690. The first-order valence-electron chi connectivity index (χ1n) is 5.50. The minimum atomic E-state index is -3.63. The van der Waals surface area contributed by atoms with E-state index in [1.54, 1.807) is 18.2 Å². The zero-order valence-corrected chi connectivity index (χ0v) is 11.9. The van der Waals surface area contributed by atoms with Crippen molar-refractivity contribution in [2.75, 3.05) is 6.54 Å². The molecule has 2 N–H and O–H groups in total. The maximum atomic E-state index is 12.5. The molecule has 1 heterocycles. The largest absolute Gasteiger partial charge is 0.392 e. The Kier molecular flexibility index (Phi) is 3.91. The number of thiocarbonyl (C=S) groups is 1. The van der Waals surface area contributed by atoms with Gasteiger partial charge < -0.3 is 5.73 Å². The standard InChI is InChI=1S/C11H13ClN2O2S2/c12-8-4-1-2-6-10(8)18(15,16)14-7-3-5-9(14)11(13)17/h1-2,4,6,9H,3,5,7H2,(H2,13,17). The predicted molar refractivity (Wildman–Crippen MR) is 75.2 cm³/mol. The fraction of sp³-hybridized carbons (Fsp3) is 0.364. The van der Waals surface area contributed by atoms with Crippen molar-refractivity contribution in [1.29, 1.82) is 0 Å². The number of halogens is 1. The maximum Gasteiger partial charge on any atom is 0.245 e. The number of benzene rings is 1. The summed E-state index contributed by atoms with van der Waals surface area (Å²) >= 11 is 10.9. The Morgan fingerprint density at radius 3 is 2.72 bits per heavy atom. The lowest BCUT2D eigenvalue weighted by molar-refractivity contribution is 0.446. The van der Waals surface area contributed by atoms with Gasteiger partial charge in [-0.15, -0.1) is 0 Å². The summed E-state index contributed by atoms with van der Waals surface area (Å²) < 4.78 is 26.3. The molecule has 98 valence electrons. The third-order valence-corrected chi connectivity index (χ3v) is 5.64. The molecule has 0 aromatic heterocycles. The van der Waals surface area contributed by atoms with E-state index in [1.807, 2.05) is 0 Å². The van der Waals surface area contributed by atoms with Crippen LogP contribution in [-0.2, 0) is 10.0 Å². The fourth-order valence-electron chi connectivity index (χ4n) is 2.09. The Morgan fingerprint density at radius 2 is 2.11 bits per heavy atom.